The molecular weight excluding hydrogens is 150 g/mol. The van der Waals surface area contributed by atoms with Crippen LogP contribution >= 0.6 is 0 Å². The molecule has 0 radical (unpaired) electrons. The molecule has 0 saturated heterocycles. The molecule has 0 saturated carbocycles. The molecule has 0 fully saturated rings. The molecular formula is C10H21NO. The van der Waals surface area contributed by atoms with Gasteiger partial charge in [-0.3, -0.25) is 4.79 Å². The van der Waals surface area contributed by atoms with E-state index >= 15 is 0 Å². The highest BCUT2D eigenvalue weighted by Crippen LogP contribution is 2.24. The van der Waals surface area contributed by atoms with Crippen molar-refractivity contribution < 1.29 is 4.79 Å². The summed E-state index contributed by atoms with van der Waals surface area (Å²) in [4.78, 5) is 10.9. The van der Waals surface area contributed by atoms with Gasteiger partial charge in [0.2, 0.25) is 5.91 Å². The lowest BCUT2D eigenvalue weighted by atomic mass is 9.82. The van der Waals surface area contributed by atoms with Crippen LogP contribution in [0.25, 0.3) is 0 Å². The van der Waals surface area contributed by atoms with E-state index < -0.39 is 0 Å². The van der Waals surface area contributed by atoms with Crippen molar-refractivity contribution in [3.8, 4) is 0 Å². The molecule has 0 rings (SSSR count). The summed E-state index contributed by atoms with van der Waals surface area (Å²) in [6, 6.07) is 0. The molecule has 0 aromatic rings. The highest BCUT2D eigenvalue weighted by molar-refractivity contribution is 5.75. The van der Waals surface area contributed by atoms with Crippen molar-refractivity contribution >= 4 is 5.91 Å². The molecule has 0 aliphatic carbocycles. The van der Waals surface area contributed by atoms with Crippen LogP contribution < -0.4 is 5.32 Å². The molecule has 0 spiro atoms. The van der Waals surface area contributed by atoms with Crippen molar-refractivity contribution in [3.05, 3.63) is 0 Å². The molecule has 1 N–H and O–H groups in total. The summed E-state index contributed by atoms with van der Waals surface area (Å²) in [6.07, 6.45) is 0.580. The molecule has 2 nitrogen and oxygen atoms in total. The van der Waals surface area contributed by atoms with Crippen molar-refractivity contribution in [1.29, 1.82) is 0 Å². The summed E-state index contributed by atoms with van der Waals surface area (Å²) in [5, 5.41) is 2.90. The molecule has 1 atom stereocenters. The van der Waals surface area contributed by atoms with E-state index in [-0.39, 0.29) is 11.3 Å². The van der Waals surface area contributed by atoms with Gasteiger partial charge >= 0.3 is 0 Å². The first-order valence-electron chi connectivity index (χ1n) is 4.64. The highest BCUT2D eigenvalue weighted by Gasteiger charge is 2.19. The zero-order valence-electron chi connectivity index (χ0n) is 8.90. The van der Waals surface area contributed by atoms with Crippen molar-refractivity contribution in [1.82, 2.24) is 5.32 Å². The van der Waals surface area contributed by atoms with Crippen LogP contribution in [0.2, 0.25) is 0 Å². The Labute approximate surface area is 75.7 Å². The number of rotatable bonds is 3. The molecule has 0 aliphatic heterocycles. The number of amides is 1. The second kappa shape index (κ2) is 4.48. The van der Waals surface area contributed by atoms with E-state index in [0.717, 1.165) is 6.54 Å². The van der Waals surface area contributed by atoms with Crippen LogP contribution in [0.1, 0.15) is 41.0 Å². The summed E-state index contributed by atoms with van der Waals surface area (Å²) < 4.78 is 0. The second-order valence-electron chi connectivity index (χ2n) is 4.42. The molecule has 1 amide bonds. The number of hydrogen-bond donors (Lipinski definition) is 1. The lowest BCUT2D eigenvalue weighted by Crippen LogP contribution is -2.33. The smallest absolute Gasteiger partial charge is 0.219 e. The monoisotopic (exact) mass is 171 g/mol. The Balaban J connectivity index is 3.72. The van der Waals surface area contributed by atoms with Crippen LogP contribution in [0.5, 0.6) is 0 Å². The van der Waals surface area contributed by atoms with E-state index in [0.29, 0.717) is 12.3 Å². The van der Waals surface area contributed by atoms with Gasteiger partial charge in [-0.1, -0.05) is 34.6 Å². The summed E-state index contributed by atoms with van der Waals surface area (Å²) in [5.74, 6) is 0.666. The van der Waals surface area contributed by atoms with Crippen LogP contribution in [-0.2, 0) is 4.79 Å². The lowest BCUT2D eigenvalue weighted by molar-refractivity contribution is -0.121. The van der Waals surface area contributed by atoms with E-state index in [4.69, 9.17) is 0 Å². The van der Waals surface area contributed by atoms with Gasteiger partial charge in [-0.05, 0) is 11.3 Å². The summed E-state index contributed by atoms with van der Waals surface area (Å²) >= 11 is 0. The fourth-order valence-corrected chi connectivity index (χ4v) is 0.698. The Kier molecular flexibility index (Phi) is 4.29. The normalized spacial score (nSPS) is 14.1. The fraction of sp³-hybridized carbons (Fsp3) is 0.900. The molecule has 0 aliphatic rings. The number of nitrogens with one attached hydrogen (secondary N) is 1. The summed E-state index contributed by atoms with van der Waals surface area (Å²) in [7, 11) is 0. The number of carbonyl (C=O) groups is 1. The first kappa shape index (κ1) is 11.5. The third kappa shape index (κ3) is 4.37. The molecule has 0 aromatic carbocycles. The van der Waals surface area contributed by atoms with Crippen molar-refractivity contribution in [3.63, 3.8) is 0 Å². The van der Waals surface area contributed by atoms with E-state index in [2.05, 4.69) is 33.0 Å². The van der Waals surface area contributed by atoms with Crippen LogP contribution in [0.4, 0.5) is 0 Å². The maximum absolute atomic E-state index is 10.9. The summed E-state index contributed by atoms with van der Waals surface area (Å²) in [6.45, 7) is 11.4. The van der Waals surface area contributed by atoms with Crippen LogP contribution in [0.15, 0.2) is 0 Å². The molecule has 1 unspecified atom stereocenters. The fourth-order valence-electron chi connectivity index (χ4n) is 0.698. The zero-order valence-corrected chi connectivity index (χ0v) is 8.90. The minimum Gasteiger partial charge on any atom is -0.356 e. The number of carbonyl (C=O) groups excluding carboxylic acids is 1. The molecule has 0 aromatic heterocycles. The van der Waals surface area contributed by atoms with Gasteiger partial charge in [0.1, 0.15) is 0 Å². The topological polar surface area (TPSA) is 29.1 Å². The van der Waals surface area contributed by atoms with Crippen molar-refractivity contribution in [2.24, 2.45) is 11.3 Å². The molecule has 0 bridgehead atoms. The van der Waals surface area contributed by atoms with Gasteiger partial charge in [-0.2, -0.15) is 0 Å². The quantitative estimate of drug-likeness (QED) is 0.693. The lowest BCUT2D eigenvalue weighted by Gasteiger charge is -2.27. The van der Waals surface area contributed by atoms with Crippen LogP contribution in [-0.4, -0.2) is 12.5 Å². The SMILES string of the molecule is CCC(=O)NCC(C)C(C)(C)C. The Morgan fingerprint density at radius 2 is 1.92 bits per heavy atom. The van der Waals surface area contributed by atoms with Crippen molar-refractivity contribution in [2.75, 3.05) is 6.54 Å². The van der Waals surface area contributed by atoms with Crippen molar-refractivity contribution in [2.45, 2.75) is 41.0 Å². The van der Waals surface area contributed by atoms with Gasteiger partial charge in [0, 0.05) is 13.0 Å². The third-order valence-corrected chi connectivity index (χ3v) is 2.40. The minimum absolute atomic E-state index is 0.145. The largest absolute Gasteiger partial charge is 0.356 e. The predicted molar refractivity (Wildman–Crippen MR) is 51.9 cm³/mol. The minimum atomic E-state index is 0.145. The molecule has 0 heterocycles. The average Bonchev–Trinajstić information content (AvgIpc) is 1.97. The van der Waals surface area contributed by atoms with Gasteiger partial charge in [-0.15, -0.1) is 0 Å². The first-order valence-corrected chi connectivity index (χ1v) is 4.64. The first-order chi connectivity index (χ1) is 5.38. The van der Waals surface area contributed by atoms with Gasteiger partial charge in [-0.25, -0.2) is 0 Å². The number of hydrogen-bond acceptors (Lipinski definition) is 1. The molecule has 12 heavy (non-hydrogen) atoms. The Bertz CT molecular complexity index is 146. The van der Waals surface area contributed by atoms with Crippen LogP contribution in [0, 0.1) is 11.3 Å². The summed E-state index contributed by atoms with van der Waals surface area (Å²) in [5.41, 5.74) is 0.279. The maximum Gasteiger partial charge on any atom is 0.219 e. The van der Waals surface area contributed by atoms with Crippen LogP contribution in [0.3, 0.4) is 0 Å². The highest BCUT2D eigenvalue weighted by atomic mass is 16.1. The van der Waals surface area contributed by atoms with Gasteiger partial charge in [0.05, 0.1) is 0 Å². The second-order valence-corrected chi connectivity index (χ2v) is 4.42. The van der Waals surface area contributed by atoms with Gasteiger partial charge in [0.25, 0.3) is 0 Å². The Morgan fingerprint density at radius 3 is 2.25 bits per heavy atom. The van der Waals surface area contributed by atoms with E-state index in [1.54, 1.807) is 0 Å². The predicted octanol–water partition coefficient (Wildman–Crippen LogP) is 2.19. The van der Waals surface area contributed by atoms with E-state index in [1.165, 1.54) is 0 Å². The maximum atomic E-state index is 10.9. The van der Waals surface area contributed by atoms with Gasteiger partial charge < -0.3 is 5.32 Å². The van der Waals surface area contributed by atoms with E-state index in [9.17, 15) is 4.79 Å². The zero-order chi connectivity index (χ0) is 9.78. The average molecular weight is 171 g/mol. The third-order valence-electron chi connectivity index (χ3n) is 2.40. The van der Waals surface area contributed by atoms with Gasteiger partial charge in [0.15, 0.2) is 0 Å². The van der Waals surface area contributed by atoms with E-state index in [1.807, 2.05) is 6.92 Å². The molecule has 72 valence electrons. The standard InChI is InChI=1S/C10H21NO/c1-6-9(12)11-7-8(2)10(3,4)5/h8H,6-7H2,1-5H3,(H,11,12). The Hall–Kier alpha value is -0.530. The Morgan fingerprint density at radius 1 is 1.42 bits per heavy atom. The molecule has 2 heteroatoms.